The van der Waals surface area contributed by atoms with E-state index in [9.17, 15) is 4.79 Å². The van der Waals surface area contributed by atoms with E-state index in [4.69, 9.17) is 11.6 Å². The number of thioether (sulfide) groups is 1. The molecule has 92 valence electrons. The van der Waals surface area contributed by atoms with Gasteiger partial charge < -0.3 is 4.90 Å². The van der Waals surface area contributed by atoms with Crippen molar-refractivity contribution in [2.75, 3.05) is 24.6 Å². The molecule has 0 spiro atoms. The predicted molar refractivity (Wildman–Crippen MR) is 76.5 cm³/mol. The summed E-state index contributed by atoms with van der Waals surface area (Å²) in [5.74, 6) is 2.15. The van der Waals surface area contributed by atoms with Crippen LogP contribution in [-0.2, 0) is 0 Å². The largest absolute Gasteiger partial charge is 0.338 e. The maximum atomic E-state index is 12.3. The number of halogens is 1. The molecule has 0 aromatic heterocycles. The second kappa shape index (κ2) is 6.03. The first-order valence-corrected chi connectivity index (χ1v) is 7.52. The van der Waals surface area contributed by atoms with Crippen LogP contribution < -0.4 is 0 Å². The van der Waals surface area contributed by atoms with Gasteiger partial charge in [-0.25, -0.2) is 0 Å². The van der Waals surface area contributed by atoms with Crippen LogP contribution >= 0.6 is 36.0 Å². The Balaban J connectivity index is 2.20. The van der Waals surface area contributed by atoms with Crippen molar-refractivity contribution in [1.29, 1.82) is 0 Å². The molecule has 5 heteroatoms. The zero-order chi connectivity index (χ0) is 12.3. The minimum absolute atomic E-state index is 0.0217. The lowest BCUT2D eigenvalue weighted by atomic mass is 10.2. The molecule has 1 aromatic rings. The first-order chi connectivity index (χ1) is 8.18. The number of carbonyl (C=O) groups is 1. The first kappa shape index (κ1) is 13.1. The Bertz CT molecular complexity index is 417. The molecule has 0 unspecified atom stereocenters. The smallest absolute Gasteiger partial charge is 0.255 e. The molecule has 1 fully saturated rings. The molecule has 0 saturated carbocycles. The molecule has 1 aromatic carbocycles. The normalized spacial score (nSPS) is 16.7. The SMILES string of the molecule is O=C(c1cc(S)ccc1Cl)N1CCCSCC1. The Morgan fingerprint density at radius 2 is 2.18 bits per heavy atom. The Kier molecular flexibility index (Phi) is 4.65. The average molecular weight is 288 g/mol. The molecule has 0 bridgehead atoms. The summed E-state index contributed by atoms with van der Waals surface area (Å²) < 4.78 is 0. The van der Waals surface area contributed by atoms with E-state index in [0.29, 0.717) is 10.6 Å². The molecule has 1 aliphatic rings. The van der Waals surface area contributed by atoms with Gasteiger partial charge in [0, 0.05) is 23.7 Å². The minimum atomic E-state index is 0.0217. The van der Waals surface area contributed by atoms with Crippen LogP contribution in [0.25, 0.3) is 0 Å². The van der Waals surface area contributed by atoms with Gasteiger partial charge in [-0.1, -0.05) is 11.6 Å². The molecule has 1 aliphatic heterocycles. The third kappa shape index (κ3) is 3.33. The molecule has 0 atom stereocenters. The van der Waals surface area contributed by atoms with Crippen LogP contribution in [0.1, 0.15) is 16.8 Å². The summed E-state index contributed by atoms with van der Waals surface area (Å²) in [6.45, 7) is 1.62. The van der Waals surface area contributed by atoms with Gasteiger partial charge in [0.15, 0.2) is 0 Å². The quantitative estimate of drug-likeness (QED) is 0.801. The highest BCUT2D eigenvalue weighted by molar-refractivity contribution is 7.99. The topological polar surface area (TPSA) is 20.3 Å². The van der Waals surface area contributed by atoms with Gasteiger partial charge >= 0.3 is 0 Å². The van der Waals surface area contributed by atoms with Crippen LogP contribution in [0.4, 0.5) is 0 Å². The number of hydrogen-bond acceptors (Lipinski definition) is 3. The zero-order valence-electron chi connectivity index (χ0n) is 9.36. The molecule has 17 heavy (non-hydrogen) atoms. The summed E-state index contributed by atoms with van der Waals surface area (Å²) in [5, 5.41) is 0.504. The Labute approximate surface area is 116 Å². The molecular formula is C12H14ClNOS2. The monoisotopic (exact) mass is 287 g/mol. The molecule has 1 saturated heterocycles. The summed E-state index contributed by atoms with van der Waals surface area (Å²) >= 11 is 12.2. The van der Waals surface area contributed by atoms with Crippen LogP contribution in [0, 0.1) is 0 Å². The zero-order valence-corrected chi connectivity index (χ0v) is 11.8. The van der Waals surface area contributed by atoms with Crippen molar-refractivity contribution in [2.45, 2.75) is 11.3 Å². The highest BCUT2D eigenvalue weighted by Crippen LogP contribution is 2.22. The molecule has 0 radical (unpaired) electrons. The van der Waals surface area contributed by atoms with Gasteiger partial charge in [0.1, 0.15) is 0 Å². The van der Waals surface area contributed by atoms with Crippen molar-refractivity contribution in [3.8, 4) is 0 Å². The highest BCUT2D eigenvalue weighted by atomic mass is 35.5. The molecule has 1 amide bonds. The van der Waals surface area contributed by atoms with Crippen molar-refractivity contribution >= 4 is 41.9 Å². The second-order valence-corrected chi connectivity index (χ2v) is 6.07. The lowest BCUT2D eigenvalue weighted by molar-refractivity contribution is 0.0768. The average Bonchev–Trinajstić information content (AvgIpc) is 2.60. The molecule has 0 N–H and O–H groups in total. The van der Waals surface area contributed by atoms with E-state index in [1.165, 1.54) is 0 Å². The summed E-state index contributed by atoms with van der Waals surface area (Å²) in [4.78, 5) is 15.0. The van der Waals surface area contributed by atoms with E-state index >= 15 is 0 Å². The van der Waals surface area contributed by atoms with E-state index in [-0.39, 0.29) is 5.91 Å². The van der Waals surface area contributed by atoms with Gasteiger partial charge in [-0.3, -0.25) is 4.79 Å². The van der Waals surface area contributed by atoms with Gasteiger partial charge in [-0.2, -0.15) is 11.8 Å². The maximum Gasteiger partial charge on any atom is 0.255 e. The van der Waals surface area contributed by atoms with Crippen molar-refractivity contribution in [3.63, 3.8) is 0 Å². The molecule has 2 rings (SSSR count). The predicted octanol–water partition coefficient (Wildman–Crippen LogP) is 3.21. The summed E-state index contributed by atoms with van der Waals surface area (Å²) in [6, 6.07) is 5.26. The third-order valence-electron chi connectivity index (χ3n) is 2.69. The molecule has 0 aliphatic carbocycles. The van der Waals surface area contributed by atoms with E-state index < -0.39 is 0 Å². The Hall–Kier alpha value is -0.320. The van der Waals surface area contributed by atoms with E-state index in [0.717, 1.165) is 35.9 Å². The fourth-order valence-electron chi connectivity index (χ4n) is 1.80. The van der Waals surface area contributed by atoms with Crippen molar-refractivity contribution in [3.05, 3.63) is 28.8 Å². The van der Waals surface area contributed by atoms with Gasteiger partial charge in [-0.15, -0.1) is 12.6 Å². The van der Waals surface area contributed by atoms with E-state index in [1.54, 1.807) is 18.2 Å². The van der Waals surface area contributed by atoms with Crippen LogP contribution in [-0.4, -0.2) is 35.4 Å². The van der Waals surface area contributed by atoms with E-state index in [1.807, 2.05) is 16.7 Å². The number of carbonyl (C=O) groups excluding carboxylic acids is 1. The van der Waals surface area contributed by atoms with E-state index in [2.05, 4.69) is 12.6 Å². The maximum absolute atomic E-state index is 12.3. The number of thiol groups is 1. The summed E-state index contributed by atoms with van der Waals surface area (Å²) in [5.41, 5.74) is 0.561. The lowest BCUT2D eigenvalue weighted by Crippen LogP contribution is -2.33. The summed E-state index contributed by atoms with van der Waals surface area (Å²) in [7, 11) is 0. The van der Waals surface area contributed by atoms with Gasteiger partial charge in [-0.05, 0) is 30.4 Å². The van der Waals surface area contributed by atoms with Crippen molar-refractivity contribution < 1.29 is 4.79 Å². The fourth-order valence-corrected chi connectivity index (χ4v) is 3.09. The lowest BCUT2D eigenvalue weighted by Gasteiger charge is -2.20. The third-order valence-corrected chi connectivity index (χ3v) is 4.35. The second-order valence-electron chi connectivity index (χ2n) is 3.92. The fraction of sp³-hybridized carbons (Fsp3) is 0.417. The Morgan fingerprint density at radius 3 is 3.00 bits per heavy atom. The van der Waals surface area contributed by atoms with Crippen LogP contribution in [0.2, 0.25) is 5.02 Å². The molecular weight excluding hydrogens is 274 g/mol. The van der Waals surface area contributed by atoms with Gasteiger partial charge in [0.2, 0.25) is 0 Å². The first-order valence-electron chi connectivity index (χ1n) is 5.54. The standard InChI is InChI=1S/C12H14ClNOS2/c13-11-3-2-9(16)8-10(11)12(15)14-4-1-6-17-7-5-14/h2-3,8,16H,1,4-7H2. The highest BCUT2D eigenvalue weighted by Gasteiger charge is 2.19. The number of nitrogens with zero attached hydrogens (tertiary/aromatic N) is 1. The summed E-state index contributed by atoms with van der Waals surface area (Å²) in [6.07, 6.45) is 1.05. The van der Waals surface area contributed by atoms with Crippen molar-refractivity contribution in [1.82, 2.24) is 4.90 Å². The minimum Gasteiger partial charge on any atom is -0.338 e. The molecule has 2 nitrogen and oxygen atoms in total. The number of hydrogen-bond donors (Lipinski definition) is 1. The van der Waals surface area contributed by atoms with Crippen LogP contribution in [0.3, 0.4) is 0 Å². The number of rotatable bonds is 1. The Morgan fingerprint density at radius 1 is 1.35 bits per heavy atom. The molecule has 1 heterocycles. The van der Waals surface area contributed by atoms with Crippen molar-refractivity contribution in [2.24, 2.45) is 0 Å². The number of amides is 1. The number of benzene rings is 1. The van der Waals surface area contributed by atoms with Crippen LogP contribution in [0.5, 0.6) is 0 Å². The van der Waals surface area contributed by atoms with Gasteiger partial charge in [0.25, 0.3) is 5.91 Å². The van der Waals surface area contributed by atoms with Gasteiger partial charge in [0.05, 0.1) is 10.6 Å². The van der Waals surface area contributed by atoms with Crippen LogP contribution in [0.15, 0.2) is 23.1 Å².